The van der Waals surface area contributed by atoms with Gasteiger partial charge in [0.2, 0.25) is 0 Å². The van der Waals surface area contributed by atoms with E-state index in [0.29, 0.717) is 31.8 Å². The minimum Gasteiger partial charge on any atom is -0.450 e. The van der Waals surface area contributed by atoms with Crippen LogP contribution in [0.3, 0.4) is 0 Å². The Bertz CT molecular complexity index is 1160. The summed E-state index contributed by atoms with van der Waals surface area (Å²) < 4.78 is 6.21. The molecule has 0 aliphatic heterocycles. The maximum Gasteiger partial charge on any atom is 0.411 e. The van der Waals surface area contributed by atoms with Crippen LogP contribution in [0.25, 0.3) is 0 Å². The number of nitrogens with zero attached hydrogens (tertiary/aromatic N) is 2. The lowest BCUT2D eigenvalue weighted by Gasteiger charge is -2.08. The van der Waals surface area contributed by atoms with Crippen LogP contribution in [0.1, 0.15) is 35.7 Å². The summed E-state index contributed by atoms with van der Waals surface area (Å²) in [6.45, 7) is 6.77. The van der Waals surface area contributed by atoms with Gasteiger partial charge in [-0.3, -0.25) is 14.9 Å². The standard InChI is InChI=1S/C15H17N3O3.C12H17NO/c1-3-21-15(20)16-13-6-4-5-12(9-13)10-18-14(19)8-7-11(2)17-18;1-10-3-5-11(6-4-10)7-8-12(14)9-13-2/h4-9H,3,10H2,1-2H3,(H,16,20);3-6,13H,7-9H2,1-2H3. The third-order valence-electron chi connectivity index (χ3n) is 4.97. The quantitative estimate of drug-likeness (QED) is 0.484. The molecular weight excluding hydrogens is 444 g/mol. The summed E-state index contributed by atoms with van der Waals surface area (Å²) in [5, 5.41) is 9.67. The number of aryl methyl sites for hydroxylation is 3. The molecule has 0 aliphatic carbocycles. The van der Waals surface area contributed by atoms with E-state index < -0.39 is 6.09 Å². The summed E-state index contributed by atoms with van der Waals surface area (Å²) in [7, 11) is 1.80. The number of carbonyl (C=O) groups excluding carboxylic acids is 2. The maximum atomic E-state index is 11.7. The molecule has 2 N–H and O–H groups in total. The van der Waals surface area contributed by atoms with Crippen molar-refractivity contribution in [2.75, 3.05) is 25.5 Å². The molecule has 0 unspecified atom stereocenters. The van der Waals surface area contributed by atoms with E-state index in [1.165, 1.54) is 21.9 Å². The molecule has 3 rings (SSSR count). The van der Waals surface area contributed by atoms with Crippen LogP contribution in [0, 0.1) is 13.8 Å². The Labute approximate surface area is 206 Å². The predicted octanol–water partition coefficient (Wildman–Crippen LogP) is 3.88. The van der Waals surface area contributed by atoms with Crippen molar-refractivity contribution in [3.8, 4) is 0 Å². The molecule has 3 aromatic rings. The van der Waals surface area contributed by atoms with Gasteiger partial charge >= 0.3 is 6.09 Å². The fourth-order valence-corrected chi connectivity index (χ4v) is 3.19. The molecule has 1 aromatic heterocycles. The second-order valence-corrected chi connectivity index (χ2v) is 8.07. The molecule has 1 heterocycles. The van der Waals surface area contributed by atoms with E-state index in [4.69, 9.17) is 4.74 Å². The average molecular weight is 479 g/mol. The molecule has 0 fully saturated rings. The van der Waals surface area contributed by atoms with Gasteiger partial charge in [0.25, 0.3) is 5.56 Å². The molecule has 35 heavy (non-hydrogen) atoms. The second-order valence-electron chi connectivity index (χ2n) is 8.07. The van der Waals surface area contributed by atoms with Crippen molar-refractivity contribution in [1.29, 1.82) is 0 Å². The lowest BCUT2D eigenvalue weighted by molar-refractivity contribution is -0.118. The molecular formula is C27H34N4O4. The Balaban J connectivity index is 0.000000269. The Morgan fingerprint density at radius 2 is 1.74 bits per heavy atom. The van der Waals surface area contributed by atoms with Crippen molar-refractivity contribution in [3.63, 3.8) is 0 Å². The van der Waals surface area contributed by atoms with Crippen LogP contribution in [0.2, 0.25) is 0 Å². The first kappa shape index (κ1) is 27.5. The van der Waals surface area contributed by atoms with E-state index in [1.807, 2.05) is 13.0 Å². The Morgan fingerprint density at radius 3 is 2.43 bits per heavy atom. The van der Waals surface area contributed by atoms with Crippen molar-refractivity contribution in [2.24, 2.45) is 0 Å². The van der Waals surface area contributed by atoms with Gasteiger partial charge in [-0.05, 0) is 63.6 Å². The van der Waals surface area contributed by atoms with E-state index in [0.717, 1.165) is 17.7 Å². The molecule has 2 aromatic carbocycles. The molecule has 0 radical (unpaired) electrons. The third-order valence-corrected chi connectivity index (χ3v) is 4.97. The highest BCUT2D eigenvalue weighted by Crippen LogP contribution is 2.11. The number of hydrogen-bond acceptors (Lipinski definition) is 6. The van der Waals surface area contributed by atoms with Crippen molar-refractivity contribution in [2.45, 2.75) is 40.2 Å². The summed E-state index contributed by atoms with van der Waals surface area (Å²) in [6, 6.07) is 18.7. The van der Waals surface area contributed by atoms with Gasteiger partial charge < -0.3 is 10.1 Å². The number of rotatable bonds is 9. The minimum absolute atomic E-state index is 0.163. The zero-order valence-corrected chi connectivity index (χ0v) is 20.8. The smallest absolute Gasteiger partial charge is 0.411 e. The lowest BCUT2D eigenvalue weighted by atomic mass is 10.1. The normalized spacial score (nSPS) is 10.2. The summed E-state index contributed by atoms with van der Waals surface area (Å²) in [5.41, 5.74) is 4.59. The molecule has 1 amide bonds. The monoisotopic (exact) mass is 478 g/mol. The first-order chi connectivity index (χ1) is 16.8. The number of likely N-dealkylation sites (N-methyl/N-ethyl adjacent to an activating group) is 1. The Morgan fingerprint density at radius 1 is 1.00 bits per heavy atom. The van der Waals surface area contributed by atoms with Crippen LogP contribution in [0.5, 0.6) is 0 Å². The lowest BCUT2D eigenvalue weighted by Crippen LogP contribution is -2.23. The molecule has 0 aliphatic rings. The molecule has 0 spiro atoms. The van der Waals surface area contributed by atoms with Crippen LogP contribution in [-0.2, 0) is 22.5 Å². The number of anilines is 1. The number of amides is 1. The number of Topliss-reactive ketones (excluding diaryl/α,β-unsaturated/α-hetero) is 1. The highest BCUT2D eigenvalue weighted by atomic mass is 16.5. The van der Waals surface area contributed by atoms with E-state index in [2.05, 4.69) is 46.9 Å². The van der Waals surface area contributed by atoms with Crippen molar-refractivity contribution in [3.05, 3.63) is 93.4 Å². The van der Waals surface area contributed by atoms with Crippen LogP contribution < -0.4 is 16.2 Å². The molecule has 0 atom stereocenters. The number of carbonyl (C=O) groups is 2. The molecule has 8 nitrogen and oxygen atoms in total. The minimum atomic E-state index is -0.500. The summed E-state index contributed by atoms with van der Waals surface area (Å²) in [5.74, 6) is 0.271. The fraction of sp³-hybridized carbons (Fsp3) is 0.333. The largest absolute Gasteiger partial charge is 0.450 e. The number of ether oxygens (including phenoxy) is 1. The van der Waals surface area contributed by atoms with Gasteiger partial charge in [0.15, 0.2) is 0 Å². The number of benzene rings is 2. The zero-order chi connectivity index (χ0) is 25.6. The molecule has 0 saturated carbocycles. The fourth-order valence-electron chi connectivity index (χ4n) is 3.19. The van der Waals surface area contributed by atoms with Crippen molar-refractivity contribution >= 4 is 17.6 Å². The van der Waals surface area contributed by atoms with E-state index in [1.54, 1.807) is 38.2 Å². The van der Waals surface area contributed by atoms with Gasteiger partial charge in [-0.25, -0.2) is 9.48 Å². The van der Waals surface area contributed by atoms with E-state index in [-0.39, 0.29) is 11.3 Å². The van der Waals surface area contributed by atoms with Crippen LogP contribution in [0.4, 0.5) is 10.5 Å². The van der Waals surface area contributed by atoms with E-state index in [9.17, 15) is 14.4 Å². The molecule has 8 heteroatoms. The summed E-state index contributed by atoms with van der Waals surface area (Å²) in [6.07, 6.45) is 0.977. The maximum absolute atomic E-state index is 11.7. The number of hydrogen-bond donors (Lipinski definition) is 2. The number of nitrogens with one attached hydrogen (secondary N) is 2. The first-order valence-corrected chi connectivity index (χ1v) is 11.6. The molecule has 0 bridgehead atoms. The summed E-state index contributed by atoms with van der Waals surface area (Å²) in [4.78, 5) is 34.3. The highest BCUT2D eigenvalue weighted by molar-refractivity contribution is 5.84. The molecule has 0 saturated heterocycles. The van der Waals surface area contributed by atoms with E-state index >= 15 is 0 Å². The van der Waals surface area contributed by atoms with Gasteiger partial charge in [0.1, 0.15) is 5.78 Å². The van der Waals surface area contributed by atoms with Crippen LogP contribution >= 0.6 is 0 Å². The van der Waals surface area contributed by atoms with Gasteiger partial charge in [-0.2, -0.15) is 5.10 Å². The first-order valence-electron chi connectivity index (χ1n) is 11.6. The van der Waals surface area contributed by atoms with Crippen LogP contribution in [0.15, 0.2) is 65.5 Å². The SMILES string of the molecule is CCOC(=O)Nc1cccc(Cn2nc(C)ccc2=O)c1.CNCC(=O)CCc1ccc(C)cc1. The second kappa shape index (κ2) is 14.5. The van der Waals surface area contributed by atoms with Crippen molar-refractivity contribution in [1.82, 2.24) is 15.1 Å². The van der Waals surface area contributed by atoms with Crippen LogP contribution in [-0.4, -0.2) is 41.9 Å². The number of ketones is 1. The Kier molecular flexibility index (Phi) is 11.4. The van der Waals surface area contributed by atoms with Gasteiger partial charge in [-0.15, -0.1) is 0 Å². The zero-order valence-electron chi connectivity index (χ0n) is 20.8. The number of aromatic nitrogens is 2. The average Bonchev–Trinajstić information content (AvgIpc) is 2.82. The van der Waals surface area contributed by atoms with Gasteiger partial charge in [0.05, 0.1) is 25.4 Å². The van der Waals surface area contributed by atoms with Gasteiger partial charge in [0, 0.05) is 18.2 Å². The van der Waals surface area contributed by atoms with Gasteiger partial charge in [-0.1, -0.05) is 42.0 Å². The highest BCUT2D eigenvalue weighted by Gasteiger charge is 2.05. The molecule has 186 valence electrons. The predicted molar refractivity (Wildman–Crippen MR) is 138 cm³/mol. The Hall–Kier alpha value is -3.78. The third kappa shape index (κ3) is 10.4. The van der Waals surface area contributed by atoms with Crippen molar-refractivity contribution < 1.29 is 14.3 Å². The summed E-state index contributed by atoms with van der Waals surface area (Å²) >= 11 is 0. The topological polar surface area (TPSA) is 102 Å².